The van der Waals surface area contributed by atoms with E-state index in [4.69, 9.17) is 4.74 Å². The second-order valence-electron chi connectivity index (χ2n) is 5.03. The second-order valence-corrected chi connectivity index (χ2v) is 5.03. The van der Waals surface area contributed by atoms with Crippen molar-refractivity contribution in [2.24, 2.45) is 0 Å². The molecule has 0 amide bonds. The number of hydrogen-bond acceptors (Lipinski definition) is 4. The Morgan fingerprint density at radius 3 is 2.47 bits per heavy atom. The zero-order valence-corrected chi connectivity index (χ0v) is 11.5. The van der Waals surface area contributed by atoms with Gasteiger partial charge in [-0.05, 0) is 37.7 Å². The number of likely N-dealkylation sites (N-methyl/N-ethyl adjacent to an activating group) is 1. The molecule has 19 heavy (non-hydrogen) atoms. The highest BCUT2D eigenvalue weighted by Crippen LogP contribution is 2.11. The molecule has 1 aliphatic heterocycles. The molecular weight excluding hydrogens is 240 g/mol. The van der Waals surface area contributed by atoms with E-state index in [0.717, 1.165) is 57.8 Å². The third kappa shape index (κ3) is 4.65. The van der Waals surface area contributed by atoms with Gasteiger partial charge in [-0.25, -0.2) is 0 Å². The number of carbonyl (C=O) groups is 1. The van der Waals surface area contributed by atoms with Crippen LogP contribution in [0, 0.1) is 0 Å². The quantitative estimate of drug-likeness (QED) is 0.575. The largest absolute Gasteiger partial charge is 0.494 e. The molecule has 1 fully saturated rings. The van der Waals surface area contributed by atoms with Gasteiger partial charge in [-0.1, -0.05) is 0 Å². The van der Waals surface area contributed by atoms with Gasteiger partial charge in [0, 0.05) is 38.3 Å². The number of nitrogens with zero attached hydrogens (tertiary/aromatic N) is 2. The second kappa shape index (κ2) is 7.26. The summed E-state index contributed by atoms with van der Waals surface area (Å²) in [7, 11) is 2.17. The fourth-order valence-corrected chi connectivity index (χ4v) is 2.19. The van der Waals surface area contributed by atoms with Crippen molar-refractivity contribution in [1.82, 2.24) is 9.80 Å². The smallest absolute Gasteiger partial charge is 0.150 e. The molecule has 0 spiro atoms. The minimum Gasteiger partial charge on any atom is -0.494 e. The van der Waals surface area contributed by atoms with Crippen molar-refractivity contribution in [3.8, 4) is 5.75 Å². The van der Waals surface area contributed by atoms with E-state index in [-0.39, 0.29) is 0 Å². The van der Waals surface area contributed by atoms with Crippen LogP contribution in [0.25, 0.3) is 0 Å². The summed E-state index contributed by atoms with van der Waals surface area (Å²) in [6.45, 7) is 6.46. The fraction of sp³-hybridized carbons (Fsp3) is 0.533. The summed E-state index contributed by atoms with van der Waals surface area (Å²) >= 11 is 0. The van der Waals surface area contributed by atoms with Crippen LogP contribution in [0.3, 0.4) is 0 Å². The number of rotatable bonds is 6. The van der Waals surface area contributed by atoms with Crippen molar-refractivity contribution in [1.29, 1.82) is 0 Å². The maximum absolute atomic E-state index is 10.5. The van der Waals surface area contributed by atoms with Crippen LogP contribution in [-0.2, 0) is 0 Å². The SMILES string of the molecule is CN1CCN(CCCOc2ccc(C=O)cc2)CC1. The number of ether oxygens (including phenoxy) is 1. The average Bonchev–Trinajstić information content (AvgIpc) is 2.46. The standard InChI is InChI=1S/C15H22N2O2/c1-16-8-10-17(11-9-16)7-2-12-19-15-5-3-14(13-18)4-6-15/h3-6,13H,2,7-12H2,1H3. The van der Waals surface area contributed by atoms with Crippen molar-refractivity contribution in [2.45, 2.75) is 6.42 Å². The molecule has 0 atom stereocenters. The number of aldehydes is 1. The van der Waals surface area contributed by atoms with Crippen LogP contribution in [0.1, 0.15) is 16.8 Å². The Morgan fingerprint density at radius 1 is 1.16 bits per heavy atom. The lowest BCUT2D eigenvalue weighted by Gasteiger charge is -2.32. The molecule has 0 unspecified atom stereocenters. The van der Waals surface area contributed by atoms with Crippen LogP contribution < -0.4 is 4.74 Å². The molecule has 4 heteroatoms. The van der Waals surface area contributed by atoms with E-state index in [0.29, 0.717) is 5.56 Å². The molecule has 0 aliphatic carbocycles. The predicted octanol–water partition coefficient (Wildman–Crippen LogP) is 1.52. The molecule has 0 radical (unpaired) electrons. The topological polar surface area (TPSA) is 32.8 Å². The van der Waals surface area contributed by atoms with Gasteiger partial charge in [0.25, 0.3) is 0 Å². The van der Waals surface area contributed by atoms with Gasteiger partial charge >= 0.3 is 0 Å². The van der Waals surface area contributed by atoms with Gasteiger partial charge in [-0.3, -0.25) is 4.79 Å². The molecule has 1 heterocycles. The van der Waals surface area contributed by atoms with Crippen molar-refractivity contribution in [3.05, 3.63) is 29.8 Å². The molecule has 1 aliphatic rings. The maximum atomic E-state index is 10.5. The van der Waals surface area contributed by atoms with Gasteiger partial charge in [0.05, 0.1) is 6.61 Å². The van der Waals surface area contributed by atoms with Gasteiger partial charge in [0.15, 0.2) is 0 Å². The zero-order chi connectivity index (χ0) is 13.5. The molecule has 2 rings (SSSR count). The first-order valence-corrected chi connectivity index (χ1v) is 6.87. The summed E-state index contributed by atoms with van der Waals surface area (Å²) in [6, 6.07) is 7.25. The first kappa shape index (κ1) is 14.0. The lowest BCUT2D eigenvalue weighted by atomic mass is 10.2. The molecule has 104 valence electrons. The Bertz CT molecular complexity index is 384. The Hall–Kier alpha value is -1.39. The highest BCUT2D eigenvalue weighted by molar-refractivity contribution is 5.74. The highest BCUT2D eigenvalue weighted by Gasteiger charge is 2.12. The molecule has 1 aromatic rings. The third-order valence-electron chi connectivity index (χ3n) is 3.50. The predicted molar refractivity (Wildman–Crippen MR) is 75.9 cm³/mol. The average molecular weight is 262 g/mol. The molecule has 0 bridgehead atoms. The molecule has 1 aromatic carbocycles. The third-order valence-corrected chi connectivity index (χ3v) is 3.50. The summed E-state index contributed by atoms with van der Waals surface area (Å²) in [5.74, 6) is 0.837. The van der Waals surface area contributed by atoms with Crippen molar-refractivity contribution in [2.75, 3.05) is 46.4 Å². The fourth-order valence-electron chi connectivity index (χ4n) is 2.19. The number of benzene rings is 1. The molecule has 1 saturated heterocycles. The summed E-state index contributed by atoms with van der Waals surface area (Å²) < 4.78 is 5.66. The first-order chi connectivity index (χ1) is 9.28. The Labute approximate surface area is 115 Å². The van der Waals surface area contributed by atoms with E-state index < -0.39 is 0 Å². The van der Waals surface area contributed by atoms with Crippen molar-refractivity contribution >= 4 is 6.29 Å². The van der Waals surface area contributed by atoms with Crippen molar-refractivity contribution < 1.29 is 9.53 Å². The molecule has 0 N–H and O–H groups in total. The van der Waals surface area contributed by atoms with Crippen molar-refractivity contribution in [3.63, 3.8) is 0 Å². The van der Waals surface area contributed by atoms with E-state index in [1.54, 1.807) is 12.1 Å². The molecule has 0 aromatic heterocycles. The van der Waals surface area contributed by atoms with Crippen LogP contribution in [0.4, 0.5) is 0 Å². The van der Waals surface area contributed by atoms with E-state index in [2.05, 4.69) is 16.8 Å². The first-order valence-electron chi connectivity index (χ1n) is 6.87. The maximum Gasteiger partial charge on any atom is 0.150 e. The van der Waals surface area contributed by atoms with Gasteiger partial charge in [-0.2, -0.15) is 0 Å². The summed E-state index contributed by atoms with van der Waals surface area (Å²) in [6.07, 6.45) is 1.89. The summed E-state index contributed by atoms with van der Waals surface area (Å²) in [4.78, 5) is 15.4. The summed E-state index contributed by atoms with van der Waals surface area (Å²) in [5.41, 5.74) is 0.685. The minimum atomic E-state index is 0.685. The van der Waals surface area contributed by atoms with Crippen LogP contribution in [0.5, 0.6) is 5.75 Å². The normalized spacial score (nSPS) is 17.3. The summed E-state index contributed by atoms with van der Waals surface area (Å²) in [5, 5.41) is 0. The highest BCUT2D eigenvalue weighted by atomic mass is 16.5. The van der Waals surface area contributed by atoms with E-state index in [9.17, 15) is 4.79 Å². The molecule has 0 saturated carbocycles. The van der Waals surface area contributed by atoms with Crippen LogP contribution in [0.15, 0.2) is 24.3 Å². The van der Waals surface area contributed by atoms with E-state index in [1.807, 2.05) is 12.1 Å². The zero-order valence-electron chi connectivity index (χ0n) is 11.5. The Morgan fingerprint density at radius 2 is 1.84 bits per heavy atom. The lowest BCUT2D eigenvalue weighted by Crippen LogP contribution is -2.44. The Kier molecular flexibility index (Phi) is 5.36. The lowest BCUT2D eigenvalue weighted by molar-refractivity contribution is 0.112. The molecular formula is C15H22N2O2. The monoisotopic (exact) mass is 262 g/mol. The van der Waals surface area contributed by atoms with Crippen LogP contribution in [-0.4, -0.2) is 62.5 Å². The Balaban J connectivity index is 1.62. The van der Waals surface area contributed by atoms with Crippen LogP contribution >= 0.6 is 0 Å². The molecule has 4 nitrogen and oxygen atoms in total. The van der Waals surface area contributed by atoms with Gasteiger partial charge in [-0.15, -0.1) is 0 Å². The van der Waals surface area contributed by atoms with E-state index >= 15 is 0 Å². The van der Waals surface area contributed by atoms with Crippen LogP contribution in [0.2, 0.25) is 0 Å². The van der Waals surface area contributed by atoms with E-state index in [1.165, 1.54) is 0 Å². The minimum absolute atomic E-state index is 0.685. The van der Waals surface area contributed by atoms with Gasteiger partial charge in [0.2, 0.25) is 0 Å². The van der Waals surface area contributed by atoms with Gasteiger partial charge in [0.1, 0.15) is 12.0 Å². The number of piperazine rings is 1. The number of hydrogen-bond donors (Lipinski definition) is 0. The van der Waals surface area contributed by atoms with Gasteiger partial charge < -0.3 is 14.5 Å². The number of carbonyl (C=O) groups excluding carboxylic acids is 1.